The number of rotatable bonds is 4. The Hall–Kier alpha value is -3.99. The lowest BCUT2D eigenvalue weighted by Gasteiger charge is -2.36. The monoisotopic (exact) mass is 384 g/mol. The average molecular weight is 384 g/mol. The molecule has 0 saturated heterocycles. The topological polar surface area (TPSA) is 54.0 Å². The summed E-state index contributed by atoms with van der Waals surface area (Å²) < 4.78 is 23.0. The van der Waals surface area contributed by atoms with Gasteiger partial charge in [-0.25, -0.2) is 4.79 Å². The van der Waals surface area contributed by atoms with Crippen LogP contribution in [0.5, 0.6) is 23.0 Å². The third-order valence-corrected chi connectivity index (χ3v) is 5.10. The van der Waals surface area contributed by atoms with Crippen LogP contribution in [0.1, 0.15) is 27.0 Å². The van der Waals surface area contributed by atoms with E-state index in [0.29, 0.717) is 28.6 Å². The smallest absolute Gasteiger partial charge is 0.340 e. The van der Waals surface area contributed by atoms with Crippen molar-refractivity contribution in [2.45, 2.75) is 5.60 Å². The largest absolute Gasteiger partial charge is 0.465 e. The number of hydrogen-bond acceptors (Lipinski definition) is 5. The summed E-state index contributed by atoms with van der Waals surface area (Å²) in [5.74, 6) is 1.80. The van der Waals surface area contributed by atoms with Gasteiger partial charge in [0.25, 0.3) is 0 Å². The predicted octanol–water partition coefficient (Wildman–Crippen LogP) is 5.30. The van der Waals surface area contributed by atoms with Gasteiger partial charge in [0.15, 0.2) is 5.60 Å². The van der Waals surface area contributed by atoms with Crippen molar-refractivity contribution in [3.63, 3.8) is 0 Å². The molecule has 29 heavy (non-hydrogen) atoms. The first-order valence-corrected chi connectivity index (χ1v) is 9.02. The summed E-state index contributed by atoms with van der Waals surface area (Å²) in [7, 11) is 0. The fourth-order valence-electron chi connectivity index (χ4n) is 3.98. The molecule has 0 radical (unpaired) electrons. The van der Waals surface area contributed by atoms with Gasteiger partial charge in [0.1, 0.15) is 23.0 Å². The van der Waals surface area contributed by atoms with E-state index in [1.54, 1.807) is 30.3 Å². The maximum Gasteiger partial charge on any atom is 0.340 e. The van der Waals surface area contributed by atoms with E-state index in [4.69, 9.17) is 18.9 Å². The van der Waals surface area contributed by atoms with E-state index in [-0.39, 0.29) is 5.97 Å². The van der Waals surface area contributed by atoms with Gasteiger partial charge in [-0.05, 0) is 30.3 Å². The van der Waals surface area contributed by atoms with Crippen LogP contribution in [0.4, 0.5) is 0 Å². The zero-order chi connectivity index (χ0) is 20.0. The molecule has 3 aromatic rings. The quantitative estimate of drug-likeness (QED) is 0.451. The third-order valence-electron chi connectivity index (χ3n) is 5.10. The molecule has 0 aromatic heterocycles. The molecule has 142 valence electrons. The highest BCUT2D eigenvalue weighted by Gasteiger charge is 2.53. The molecule has 3 aromatic carbocycles. The summed E-state index contributed by atoms with van der Waals surface area (Å²) in [5.41, 5.74) is 1.62. The van der Waals surface area contributed by atoms with E-state index in [9.17, 15) is 4.79 Å². The number of ether oxygens (including phenoxy) is 4. The molecular formula is C24H16O5. The van der Waals surface area contributed by atoms with Crippen molar-refractivity contribution in [1.29, 1.82) is 0 Å². The van der Waals surface area contributed by atoms with Gasteiger partial charge < -0.3 is 18.9 Å². The number of esters is 1. The number of benzene rings is 3. The van der Waals surface area contributed by atoms with Crippen LogP contribution in [0.25, 0.3) is 0 Å². The molecule has 0 amide bonds. The Bertz CT molecular complexity index is 1120. The minimum atomic E-state index is -1.12. The third kappa shape index (κ3) is 2.37. The first-order chi connectivity index (χ1) is 14.2. The van der Waals surface area contributed by atoms with E-state index in [0.717, 1.165) is 16.7 Å². The predicted molar refractivity (Wildman–Crippen MR) is 106 cm³/mol. The molecule has 0 saturated carbocycles. The second kappa shape index (κ2) is 6.27. The summed E-state index contributed by atoms with van der Waals surface area (Å²) in [6.45, 7) is 7.18. The second-order valence-corrected chi connectivity index (χ2v) is 6.60. The Morgan fingerprint density at radius 1 is 0.793 bits per heavy atom. The van der Waals surface area contributed by atoms with Crippen molar-refractivity contribution in [1.82, 2.24) is 0 Å². The fourth-order valence-corrected chi connectivity index (χ4v) is 3.98. The summed E-state index contributed by atoms with van der Waals surface area (Å²) in [4.78, 5) is 12.8. The number of carbonyl (C=O) groups excluding carboxylic acids is 1. The lowest BCUT2D eigenvalue weighted by atomic mass is 9.77. The van der Waals surface area contributed by atoms with Crippen molar-refractivity contribution < 1.29 is 23.7 Å². The Kier molecular flexibility index (Phi) is 3.71. The van der Waals surface area contributed by atoms with Crippen LogP contribution in [0, 0.1) is 0 Å². The van der Waals surface area contributed by atoms with E-state index < -0.39 is 5.60 Å². The van der Waals surface area contributed by atoms with Gasteiger partial charge in [-0.15, -0.1) is 0 Å². The molecule has 5 rings (SSSR count). The molecule has 0 aliphatic carbocycles. The van der Waals surface area contributed by atoms with Crippen LogP contribution >= 0.6 is 0 Å². The Morgan fingerprint density at radius 2 is 1.38 bits per heavy atom. The molecule has 5 nitrogen and oxygen atoms in total. The van der Waals surface area contributed by atoms with Gasteiger partial charge in [-0.3, -0.25) is 0 Å². The SMILES string of the molecule is C=COc1ccc2c(c1)Oc1cc(OC=C)ccc1C21OC(=O)c2ccccc21. The lowest BCUT2D eigenvalue weighted by molar-refractivity contribution is 0.0224. The normalized spacial score (nSPS) is 14.7. The van der Waals surface area contributed by atoms with Gasteiger partial charge in [-0.2, -0.15) is 0 Å². The van der Waals surface area contributed by atoms with Crippen LogP contribution in [0.15, 0.2) is 86.3 Å². The zero-order valence-electron chi connectivity index (χ0n) is 15.4. The minimum Gasteiger partial charge on any atom is -0.465 e. The molecule has 0 unspecified atom stereocenters. The van der Waals surface area contributed by atoms with Gasteiger partial charge in [-0.1, -0.05) is 31.4 Å². The number of hydrogen-bond donors (Lipinski definition) is 0. The first-order valence-electron chi connectivity index (χ1n) is 9.02. The van der Waals surface area contributed by atoms with Gasteiger partial charge in [0.05, 0.1) is 18.1 Å². The summed E-state index contributed by atoms with van der Waals surface area (Å²) >= 11 is 0. The first kappa shape index (κ1) is 17.1. The summed E-state index contributed by atoms with van der Waals surface area (Å²) in [6, 6.07) is 18.2. The Labute approximate surface area is 167 Å². The van der Waals surface area contributed by atoms with Crippen LogP contribution in [0.2, 0.25) is 0 Å². The van der Waals surface area contributed by atoms with Crippen LogP contribution in [-0.4, -0.2) is 5.97 Å². The van der Waals surface area contributed by atoms with Crippen molar-refractivity contribution in [3.05, 3.63) is 109 Å². The highest BCUT2D eigenvalue weighted by atomic mass is 16.6. The molecule has 0 fully saturated rings. The fraction of sp³-hybridized carbons (Fsp3) is 0.0417. The minimum absolute atomic E-state index is 0.378. The van der Waals surface area contributed by atoms with Gasteiger partial charge in [0, 0.05) is 28.8 Å². The van der Waals surface area contributed by atoms with E-state index in [1.807, 2.05) is 30.3 Å². The standard InChI is InChI=1S/C24H16O5/c1-3-26-15-9-11-19-21(13-15)28-22-14-16(27-4-2)10-12-20(22)24(19)18-8-6-5-7-17(18)23(25)29-24/h3-14H,1-2H2. The molecule has 2 heterocycles. The molecule has 0 bridgehead atoms. The highest BCUT2D eigenvalue weighted by molar-refractivity contribution is 5.97. The van der Waals surface area contributed by atoms with E-state index >= 15 is 0 Å². The van der Waals surface area contributed by atoms with Crippen molar-refractivity contribution >= 4 is 5.97 Å². The number of fused-ring (bicyclic) bond motifs is 6. The molecular weight excluding hydrogens is 368 g/mol. The Morgan fingerprint density at radius 3 is 1.97 bits per heavy atom. The van der Waals surface area contributed by atoms with Crippen LogP contribution in [0.3, 0.4) is 0 Å². The summed E-state index contributed by atoms with van der Waals surface area (Å²) in [5, 5.41) is 0. The van der Waals surface area contributed by atoms with Gasteiger partial charge in [0.2, 0.25) is 0 Å². The molecule has 2 aliphatic heterocycles. The second-order valence-electron chi connectivity index (χ2n) is 6.60. The van der Waals surface area contributed by atoms with Crippen molar-refractivity contribution in [3.8, 4) is 23.0 Å². The van der Waals surface area contributed by atoms with Crippen molar-refractivity contribution in [2.24, 2.45) is 0 Å². The maximum atomic E-state index is 12.8. The van der Waals surface area contributed by atoms with Crippen LogP contribution in [-0.2, 0) is 10.3 Å². The highest BCUT2D eigenvalue weighted by Crippen LogP contribution is 2.56. The molecule has 0 atom stereocenters. The van der Waals surface area contributed by atoms with E-state index in [2.05, 4.69) is 13.2 Å². The lowest BCUT2D eigenvalue weighted by Crippen LogP contribution is -2.33. The zero-order valence-corrected chi connectivity index (χ0v) is 15.4. The average Bonchev–Trinajstić information content (AvgIpc) is 3.02. The summed E-state index contributed by atoms with van der Waals surface area (Å²) in [6.07, 6.45) is 2.68. The molecule has 0 N–H and O–H groups in total. The van der Waals surface area contributed by atoms with Crippen molar-refractivity contribution in [2.75, 3.05) is 0 Å². The molecule has 2 aliphatic rings. The van der Waals surface area contributed by atoms with E-state index in [1.165, 1.54) is 12.5 Å². The molecule has 1 spiro atoms. The Balaban J connectivity index is 1.81. The maximum absolute atomic E-state index is 12.8. The molecule has 5 heteroatoms. The van der Waals surface area contributed by atoms with Gasteiger partial charge >= 0.3 is 5.97 Å². The van der Waals surface area contributed by atoms with Crippen LogP contribution < -0.4 is 14.2 Å². The number of carbonyl (C=O) groups is 1.